The van der Waals surface area contributed by atoms with Crippen molar-refractivity contribution >= 4 is 41.5 Å². The van der Waals surface area contributed by atoms with E-state index in [1.807, 2.05) is 0 Å². The van der Waals surface area contributed by atoms with Crippen LogP contribution in [0.1, 0.15) is 110 Å². The van der Waals surface area contributed by atoms with Gasteiger partial charge in [-0.05, 0) is 39.0 Å². The standard InChI is InChI=1S/C29H52N6O9/c1-3-4-5-6-7-8-9-10-11-15-23(36)32-19(2)27(40)35-22(29(43)44)16-17-24(37)34-21(28(41)42)14-12-13-20(26(31)39)33-25(38)18-30/h19-22H,3-18,30H2,1-2H3,(H2,31,39)(H,32,36)(H,33,38)(H,34,37)(H,35,40)(H,41,42)(H,43,44)/t19-,20+,21-,22+/m0/s1. The van der Waals surface area contributed by atoms with E-state index < -0.39 is 66.2 Å². The number of unbranched alkanes of at least 4 members (excludes halogenated alkanes) is 8. The van der Waals surface area contributed by atoms with Gasteiger partial charge in [-0.2, -0.15) is 0 Å². The maximum atomic E-state index is 12.5. The molecule has 0 aliphatic heterocycles. The highest BCUT2D eigenvalue weighted by atomic mass is 16.4. The first-order valence-corrected chi connectivity index (χ1v) is 15.5. The van der Waals surface area contributed by atoms with E-state index in [4.69, 9.17) is 11.5 Å². The maximum Gasteiger partial charge on any atom is 0.326 e. The lowest BCUT2D eigenvalue weighted by Gasteiger charge is -2.20. The summed E-state index contributed by atoms with van der Waals surface area (Å²) in [5.41, 5.74) is 10.4. The summed E-state index contributed by atoms with van der Waals surface area (Å²) in [6.07, 6.45) is 9.45. The molecule has 0 aromatic rings. The maximum absolute atomic E-state index is 12.5. The number of carboxylic acids is 2. The number of nitrogens with two attached hydrogens (primary N) is 2. The second-order valence-corrected chi connectivity index (χ2v) is 10.9. The Labute approximate surface area is 259 Å². The lowest BCUT2D eigenvalue weighted by atomic mass is 10.0. The van der Waals surface area contributed by atoms with Gasteiger partial charge < -0.3 is 42.9 Å². The van der Waals surface area contributed by atoms with Crippen LogP contribution in [-0.4, -0.2) is 82.4 Å². The van der Waals surface area contributed by atoms with Crippen molar-refractivity contribution < 1.29 is 43.8 Å². The molecule has 0 aliphatic carbocycles. The SMILES string of the molecule is CCCCCCCCCCCC(=O)N[C@@H](C)C(=O)N[C@H](CCC(=O)N[C@@H](CCC[C@@H](NC(=O)CN)C(N)=O)C(=O)O)C(=O)O. The number of aliphatic carboxylic acids is 2. The van der Waals surface area contributed by atoms with E-state index >= 15 is 0 Å². The molecule has 0 bridgehead atoms. The number of carbonyl (C=O) groups is 7. The summed E-state index contributed by atoms with van der Waals surface area (Å²) in [5, 5.41) is 28.4. The third-order valence-corrected chi connectivity index (χ3v) is 7.04. The fourth-order valence-electron chi connectivity index (χ4n) is 4.39. The third kappa shape index (κ3) is 19.4. The number of hydrogen-bond acceptors (Lipinski definition) is 8. The predicted octanol–water partition coefficient (Wildman–Crippen LogP) is 0.430. The van der Waals surface area contributed by atoms with Gasteiger partial charge in [0.05, 0.1) is 6.54 Å². The number of rotatable bonds is 26. The molecule has 0 aromatic carbocycles. The molecule has 4 atom stereocenters. The van der Waals surface area contributed by atoms with Gasteiger partial charge in [-0.3, -0.25) is 24.0 Å². The summed E-state index contributed by atoms with van der Waals surface area (Å²) >= 11 is 0. The Kier molecular flexibility index (Phi) is 21.7. The molecule has 0 saturated heterocycles. The molecule has 0 heterocycles. The number of carboxylic acid groups (broad SMARTS) is 2. The molecule has 0 radical (unpaired) electrons. The van der Waals surface area contributed by atoms with Gasteiger partial charge in [0, 0.05) is 12.8 Å². The van der Waals surface area contributed by atoms with Crippen molar-refractivity contribution in [1.82, 2.24) is 21.3 Å². The van der Waals surface area contributed by atoms with Gasteiger partial charge >= 0.3 is 11.9 Å². The molecule has 15 nitrogen and oxygen atoms in total. The first-order chi connectivity index (χ1) is 20.8. The van der Waals surface area contributed by atoms with Crippen molar-refractivity contribution in [2.45, 2.75) is 134 Å². The first-order valence-electron chi connectivity index (χ1n) is 15.5. The smallest absolute Gasteiger partial charge is 0.326 e. The van der Waals surface area contributed by atoms with E-state index in [1.165, 1.54) is 39.0 Å². The number of carbonyl (C=O) groups excluding carboxylic acids is 5. The van der Waals surface area contributed by atoms with Crippen molar-refractivity contribution in [2.24, 2.45) is 11.5 Å². The zero-order valence-corrected chi connectivity index (χ0v) is 26.0. The summed E-state index contributed by atoms with van der Waals surface area (Å²) in [7, 11) is 0. The molecule has 0 aromatic heterocycles. The van der Waals surface area contributed by atoms with Crippen LogP contribution in [0.4, 0.5) is 0 Å². The van der Waals surface area contributed by atoms with Crippen molar-refractivity contribution in [3.05, 3.63) is 0 Å². The Hall–Kier alpha value is -3.75. The minimum absolute atomic E-state index is 0.0156. The van der Waals surface area contributed by atoms with E-state index in [-0.39, 0.29) is 44.6 Å². The minimum Gasteiger partial charge on any atom is -0.480 e. The zero-order valence-electron chi connectivity index (χ0n) is 26.0. The molecule has 0 spiro atoms. The molecule has 0 saturated carbocycles. The highest BCUT2D eigenvalue weighted by Crippen LogP contribution is 2.11. The van der Waals surface area contributed by atoms with Crippen LogP contribution in [-0.2, 0) is 33.6 Å². The Morgan fingerprint density at radius 3 is 1.59 bits per heavy atom. The molecule has 0 fully saturated rings. The number of nitrogens with one attached hydrogen (secondary N) is 4. The fraction of sp³-hybridized carbons (Fsp3) is 0.759. The van der Waals surface area contributed by atoms with E-state index in [1.54, 1.807) is 0 Å². The van der Waals surface area contributed by atoms with Crippen LogP contribution in [0.3, 0.4) is 0 Å². The molecule has 15 heteroatoms. The molecule has 0 unspecified atom stereocenters. The summed E-state index contributed by atoms with van der Waals surface area (Å²) in [6.45, 7) is 3.24. The second-order valence-electron chi connectivity index (χ2n) is 10.9. The van der Waals surface area contributed by atoms with Crippen molar-refractivity contribution in [3.63, 3.8) is 0 Å². The molecule has 5 amide bonds. The van der Waals surface area contributed by atoms with Crippen LogP contribution in [0.25, 0.3) is 0 Å². The molecule has 0 aliphatic rings. The van der Waals surface area contributed by atoms with Crippen LogP contribution < -0.4 is 32.7 Å². The summed E-state index contributed by atoms with van der Waals surface area (Å²) in [5.74, 6) is -5.98. The Balaban J connectivity index is 4.59. The minimum atomic E-state index is -1.45. The van der Waals surface area contributed by atoms with Crippen molar-refractivity contribution in [2.75, 3.05) is 6.54 Å². The molecular weight excluding hydrogens is 576 g/mol. The highest BCUT2D eigenvalue weighted by Gasteiger charge is 2.26. The summed E-state index contributed by atoms with van der Waals surface area (Å²) < 4.78 is 0. The largest absolute Gasteiger partial charge is 0.480 e. The van der Waals surface area contributed by atoms with Crippen LogP contribution >= 0.6 is 0 Å². The lowest BCUT2D eigenvalue weighted by Crippen LogP contribution is -2.50. The first kappa shape index (κ1) is 40.2. The number of amides is 5. The Bertz CT molecular complexity index is 946. The van der Waals surface area contributed by atoms with Crippen molar-refractivity contribution in [1.29, 1.82) is 0 Å². The van der Waals surface area contributed by atoms with Gasteiger partial charge in [0.1, 0.15) is 24.2 Å². The molecular formula is C29H52N6O9. The Morgan fingerprint density at radius 2 is 1.07 bits per heavy atom. The summed E-state index contributed by atoms with van der Waals surface area (Å²) in [6, 6.07) is -4.85. The van der Waals surface area contributed by atoms with Gasteiger partial charge in [0.2, 0.25) is 29.5 Å². The van der Waals surface area contributed by atoms with Crippen molar-refractivity contribution in [3.8, 4) is 0 Å². The van der Waals surface area contributed by atoms with E-state index in [0.717, 1.165) is 19.3 Å². The molecule has 10 N–H and O–H groups in total. The van der Waals surface area contributed by atoms with E-state index in [0.29, 0.717) is 6.42 Å². The quantitative estimate of drug-likeness (QED) is 0.0612. The monoisotopic (exact) mass is 628 g/mol. The number of primary amides is 1. The topological polar surface area (TPSA) is 260 Å². The van der Waals surface area contributed by atoms with Gasteiger partial charge in [0.15, 0.2) is 0 Å². The van der Waals surface area contributed by atoms with E-state index in [2.05, 4.69) is 28.2 Å². The Morgan fingerprint density at radius 1 is 0.591 bits per heavy atom. The second kappa shape index (κ2) is 23.7. The molecule has 0 rings (SSSR count). The number of hydrogen-bond donors (Lipinski definition) is 8. The van der Waals surface area contributed by atoms with E-state index in [9.17, 15) is 43.8 Å². The fourth-order valence-corrected chi connectivity index (χ4v) is 4.39. The van der Waals surface area contributed by atoms with Gasteiger partial charge in [-0.15, -0.1) is 0 Å². The highest BCUT2D eigenvalue weighted by molar-refractivity contribution is 5.90. The van der Waals surface area contributed by atoms with Crippen LogP contribution in [0.15, 0.2) is 0 Å². The molecule has 44 heavy (non-hydrogen) atoms. The molecule has 252 valence electrons. The van der Waals surface area contributed by atoms with Crippen LogP contribution in [0, 0.1) is 0 Å². The third-order valence-electron chi connectivity index (χ3n) is 7.04. The average molecular weight is 629 g/mol. The van der Waals surface area contributed by atoms with Gasteiger partial charge in [-0.1, -0.05) is 58.3 Å². The lowest BCUT2D eigenvalue weighted by molar-refractivity contribution is -0.143. The van der Waals surface area contributed by atoms with Gasteiger partial charge in [-0.25, -0.2) is 9.59 Å². The van der Waals surface area contributed by atoms with Gasteiger partial charge in [0.25, 0.3) is 0 Å². The zero-order chi connectivity index (χ0) is 33.5. The predicted molar refractivity (Wildman–Crippen MR) is 162 cm³/mol. The van der Waals surface area contributed by atoms with Crippen LogP contribution in [0.5, 0.6) is 0 Å². The normalized spacial score (nSPS) is 13.5. The average Bonchev–Trinajstić information content (AvgIpc) is 2.96. The van der Waals surface area contributed by atoms with Crippen LogP contribution in [0.2, 0.25) is 0 Å². The summed E-state index contributed by atoms with van der Waals surface area (Å²) in [4.78, 5) is 83.3.